The molecule has 31 heavy (non-hydrogen) atoms. The molecule has 0 fully saturated rings. The fraction of sp³-hybridized carbons (Fsp3) is 0.273. The van der Waals surface area contributed by atoms with Crippen molar-refractivity contribution < 1.29 is 8.42 Å². The normalized spacial score (nSPS) is 12.6. The molecule has 2 N–H and O–H groups in total. The Labute approximate surface area is 191 Å². The molecule has 0 aliphatic heterocycles. The standard InChI is InChI=1S/C22H24ClN3O3S2/c1-2-6-18-15-21(27)25-22(24-18)30-14-13-20(16-7-4-3-5-8-16)26-31(28,29)19-11-9-17(23)10-12-19/h3-5,7-12,15,20,26H,2,6,13-14H2,1H3,(H,24,25,27)/t20-/m1/s1. The van der Waals surface area contributed by atoms with E-state index in [2.05, 4.69) is 14.7 Å². The lowest BCUT2D eigenvalue weighted by atomic mass is 10.1. The SMILES string of the molecule is CCCc1cc(=O)[nH]c(SCC[C@@H](NS(=O)(=O)c2ccc(Cl)cc2)c2ccccc2)n1. The molecule has 0 aliphatic rings. The minimum absolute atomic E-state index is 0.156. The van der Waals surface area contributed by atoms with Gasteiger partial charge >= 0.3 is 0 Å². The summed E-state index contributed by atoms with van der Waals surface area (Å²) in [6.07, 6.45) is 2.16. The number of aromatic nitrogens is 2. The zero-order valence-electron chi connectivity index (χ0n) is 17.0. The molecule has 0 aliphatic carbocycles. The van der Waals surface area contributed by atoms with E-state index in [1.54, 1.807) is 12.1 Å². The second kappa shape index (κ2) is 10.9. The zero-order valence-corrected chi connectivity index (χ0v) is 19.4. The van der Waals surface area contributed by atoms with E-state index in [-0.39, 0.29) is 10.5 Å². The number of aromatic amines is 1. The third kappa shape index (κ3) is 6.93. The van der Waals surface area contributed by atoms with Gasteiger partial charge in [0.2, 0.25) is 10.0 Å². The smallest absolute Gasteiger partial charge is 0.251 e. The van der Waals surface area contributed by atoms with Crippen LogP contribution in [0.5, 0.6) is 0 Å². The molecule has 3 aromatic rings. The largest absolute Gasteiger partial charge is 0.301 e. The zero-order chi connectivity index (χ0) is 22.3. The van der Waals surface area contributed by atoms with Crippen LogP contribution in [0.15, 0.2) is 75.5 Å². The third-order valence-electron chi connectivity index (χ3n) is 4.55. The van der Waals surface area contributed by atoms with Gasteiger partial charge in [0.15, 0.2) is 5.16 Å². The molecule has 0 radical (unpaired) electrons. The van der Waals surface area contributed by atoms with Crippen LogP contribution in [0.2, 0.25) is 5.02 Å². The number of H-pyrrole nitrogens is 1. The van der Waals surface area contributed by atoms with Crippen molar-refractivity contribution in [3.05, 3.63) is 87.3 Å². The van der Waals surface area contributed by atoms with Crippen molar-refractivity contribution >= 4 is 33.4 Å². The van der Waals surface area contributed by atoms with Crippen LogP contribution in [0.4, 0.5) is 0 Å². The Balaban J connectivity index is 1.75. The molecule has 6 nitrogen and oxygen atoms in total. The molecule has 1 heterocycles. The number of rotatable bonds is 10. The van der Waals surface area contributed by atoms with E-state index >= 15 is 0 Å². The summed E-state index contributed by atoms with van der Waals surface area (Å²) < 4.78 is 28.6. The van der Waals surface area contributed by atoms with Gasteiger partial charge in [-0.25, -0.2) is 18.1 Å². The lowest BCUT2D eigenvalue weighted by Crippen LogP contribution is -2.29. The van der Waals surface area contributed by atoms with E-state index in [0.717, 1.165) is 24.1 Å². The van der Waals surface area contributed by atoms with Crippen molar-refractivity contribution in [1.82, 2.24) is 14.7 Å². The highest BCUT2D eigenvalue weighted by Gasteiger charge is 2.21. The number of halogens is 1. The van der Waals surface area contributed by atoms with Crippen LogP contribution in [0.1, 0.15) is 37.1 Å². The number of hydrogen-bond donors (Lipinski definition) is 2. The first-order chi connectivity index (χ1) is 14.9. The topological polar surface area (TPSA) is 91.9 Å². The van der Waals surface area contributed by atoms with Crippen molar-refractivity contribution in [2.24, 2.45) is 0 Å². The molecule has 0 saturated heterocycles. The Kier molecular flexibility index (Phi) is 8.31. The number of hydrogen-bond acceptors (Lipinski definition) is 5. The third-order valence-corrected chi connectivity index (χ3v) is 7.19. The lowest BCUT2D eigenvalue weighted by Gasteiger charge is -2.19. The van der Waals surface area contributed by atoms with E-state index in [1.165, 1.54) is 30.0 Å². The number of benzene rings is 2. The van der Waals surface area contributed by atoms with Gasteiger partial charge in [-0.1, -0.05) is 67.0 Å². The van der Waals surface area contributed by atoms with Crippen LogP contribution in [0.3, 0.4) is 0 Å². The molecule has 0 amide bonds. The summed E-state index contributed by atoms with van der Waals surface area (Å²) in [5, 5.41) is 1.02. The molecule has 0 spiro atoms. The summed E-state index contributed by atoms with van der Waals surface area (Å²) in [7, 11) is -3.73. The highest BCUT2D eigenvalue weighted by molar-refractivity contribution is 7.99. The second-order valence-corrected chi connectivity index (χ2v) is 10.2. The highest BCUT2D eigenvalue weighted by Crippen LogP contribution is 2.24. The number of aryl methyl sites for hydroxylation is 1. The molecule has 3 rings (SSSR count). The lowest BCUT2D eigenvalue weighted by molar-refractivity contribution is 0.551. The first-order valence-corrected chi connectivity index (χ1v) is 12.8. The number of nitrogens with one attached hydrogen (secondary N) is 2. The second-order valence-electron chi connectivity index (χ2n) is 6.97. The average Bonchev–Trinajstić information content (AvgIpc) is 2.74. The minimum Gasteiger partial charge on any atom is -0.301 e. The maximum Gasteiger partial charge on any atom is 0.251 e. The first kappa shape index (κ1) is 23.5. The number of nitrogens with zero attached hydrogens (tertiary/aromatic N) is 1. The fourth-order valence-corrected chi connectivity index (χ4v) is 5.34. The Morgan fingerprint density at radius 3 is 2.52 bits per heavy atom. The summed E-state index contributed by atoms with van der Waals surface area (Å²) in [4.78, 5) is 19.2. The Hall–Kier alpha value is -2.13. The maximum absolute atomic E-state index is 12.9. The van der Waals surface area contributed by atoms with Gasteiger partial charge in [-0.15, -0.1) is 0 Å². The van der Waals surface area contributed by atoms with Gasteiger partial charge in [-0.05, 0) is 42.7 Å². The molecular formula is C22H24ClN3O3S2. The first-order valence-electron chi connectivity index (χ1n) is 9.93. The molecule has 0 unspecified atom stereocenters. The van der Waals surface area contributed by atoms with Crippen molar-refractivity contribution in [2.45, 2.75) is 42.3 Å². The maximum atomic E-state index is 12.9. The number of sulfonamides is 1. The summed E-state index contributed by atoms with van der Waals surface area (Å²) in [6, 6.07) is 16.6. The molecule has 164 valence electrons. The van der Waals surface area contributed by atoms with Gasteiger partial charge in [-0.2, -0.15) is 0 Å². The van der Waals surface area contributed by atoms with Gasteiger partial charge in [0.05, 0.1) is 4.90 Å². The van der Waals surface area contributed by atoms with Crippen molar-refractivity contribution in [1.29, 1.82) is 0 Å². The predicted molar refractivity (Wildman–Crippen MR) is 125 cm³/mol. The number of thioether (sulfide) groups is 1. The van der Waals surface area contributed by atoms with Gasteiger partial charge in [-0.3, -0.25) is 4.79 Å². The van der Waals surface area contributed by atoms with E-state index < -0.39 is 16.1 Å². The van der Waals surface area contributed by atoms with Crippen LogP contribution in [-0.2, 0) is 16.4 Å². The Morgan fingerprint density at radius 1 is 1.13 bits per heavy atom. The van der Waals surface area contributed by atoms with Crippen LogP contribution < -0.4 is 10.3 Å². The molecule has 2 aromatic carbocycles. The molecule has 1 aromatic heterocycles. The van der Waals surface area contributed by atoms with Gasteiger partial charge < -0.3 is 4.98 Å². The average molecular weight is 478 g/mol. The van der Waals surface area contributed by atoms with E-state index in [9.17, 15) is 13.2 Å². The molecule has 9 heteroatoms. The summed E-state index contributed by atoms with van der Waals surface area (Å²) in [5.41, 5.74) is 1.45. The quantitative estimate of drug-likeness (QED) is 0.329. The van der Waals surface area contributed by atoms with E-state index in [1.807, 2.05) is 37.3 Å². The van der Waals surface area contributed by atoms with Crippen molar-refractivity contribution in [2.75, 3.05) is 5.75 Å². The van der Waals surface area contributed by atoms with E-state index in [4.69, 9.17) is 11.6 Å². The predicted octanol–water partition coefficient (Wildman–Crippen LogP) is 4.58. The van der Waals surface area contributed by atoms with Gasteiger partial charge in [0.25, 0.3) is 5.56 Å². The van der Waals surface area contributed by atoms with Gasteiger partial charge in [0, 0.05) is 28.6 Å². The van der Waals surface area contributed by atoms with Crippen molar-refractivity contribution in [3.8, 4) is 0 Å². The molecule has 0 saturated carbocycles. The summed E-state index contributed by atoms with van der Waals surface area (Å²) in [6.45, 7) is 2.03. The fourth-order valence-electron chi connectivity index (χ4n) is 3.06. The van der Waals surface area contributed by atoms with Crippen LogP contribution in [-0.4, -0.2) is 24.1 Å². The summed E-state index contributed by atoms with van der Waals surface area (Å²) in [5.74, 6) is 0.571. The Bertz CT molecular complexity index is 1150. The highest BCUT2D eigenvalue weighted by atomic mass is 35.5. The van der Waals surface area contributed by atoms with Crippen LogP contribution >= 0.6 is 23.4 Å². The molecular weight excluding hydrogens is 454 g/mol. The summed E-state index contributed by atoms with van der Waals surface area (Å²) >= 11 is 7.29. The van der Waals surface area contributed by atoms with Crippen LogP contribution in [0.25, 0.3) is 0 Å². The van der Waals surface area contributed by atoms with Crippen molar-refractivity contribution in [3.63, 3.8) is 0 Å². The minimum atomic E-state index is -3.73. The monoisotopic (exact) mass is 477 g/mol. The van der Waals surface area contributed by atoms with Crippen LogP contribution in [0, 0.1) is 0 Å². The van der Waals surface area contributed by atoms with E-state index in [0.29, 0.717) is 22.4 Å². The molecule has 1 atom stereocenters. The Morgan fingerprint density at radius 2 is 1.84 bits per heavy atom. The molecule has 0 bridgehead atoms. The van der Waals surface area contributed by atoms with Gasteiger partial charge in [0.1, 0.15) is 0 Å².